The average Bonchev–Trinajstić information content (AvgIpc) is 2.74. The largest absolute Gasteiger partial charge is 0.477 e. The van der Waals surface area contributed by atoms with E-state index in [-0.39, 0.29) is 4.88 Å². The van der Waals surface area contributed by atoms with Gasteiger partial charge in [0.05, 0.1) is 9.47 Å². The summed E-state index contributed by atoms with van der Waals surface area (Å²) in [7, 11) is 0. The van der Waals surface area contributed by atoms with Gasteiger partial charge in [-0.2, -0.15) is 0 Å². The molecule has 0 fully saturated rings. The number of halogens is 1. The Labute approximate surface area is 109 Å². The molecule has 0 bridgehead atoms. The quantitative estimate of drug-likeness (QED) is 0.884. The summed E-state index contributed by atoms with van der Waals surface area (Å²) < 4.78 is 1.02. The summed E-state index contributed by atoms with van der Waals surface area (Å²) in [5.41, 5.74) is 7.99. The van der Waals surface area contributed by atoms with Crippen molar-refractivity contribution in [1.29, 1.82) is 0 Å². The van der Waals surface area contributed by atoms with Crippen molar-refractivity contribution in [3.63, 3.8) is 0 Å². The van der Waals surface area contributed by atoms with Crippen LogP contribution in [0.1, 0.15) is 15.2 Å². The third kappa shape index (κ3) is 1.88. The lowest BCUT2D eigenvalue weighted by atomic mass is 10.1. The van der Waals surface area contributed by atoms with Gasteiger partial charge in [0, 0.05) is 15.8 Å². The van der Waals surface area contributed by atoms with Crippen LogP contribution >= 0.6 is 38.6 Å². The Hall–Kier alpha value is -0.850. The van der Waals surface area contributed by atoms with Gasteiger partial charge in [0.2, 0.25) is 0 Å². The molecule has 84 valence electrons. The highest BCUT2D eigenvalue weighted by atomic mass is 79.9. The number of thiophene rings is 2. The maximum Gasteiger partial charge on any atom is 0.348 e. The SMILES string of the molecule is Cc1c(-c2csc(Br)c2)sc(C(=O)O)c1N. The van der Waals surface area contributed by atoms with Gasteiger partial charge in [-0.3, -0.25) is 0 Å². The van der Waals surface area contributed by atoms with Gasteiger partial charge in [0.1, 0.15) is 4.88 Å². The van der Waals surface area contributed by atoms with E-state index < -0.39 is 5.97 Å². The highest BCUT2D eigenvalue weighted by Gasteiger charge is 2.19. The number of carbonyl (C=O) groups is 1. The standard InChI is InChI=1S/C10H8BrNO2S2/c1-4-7(12)9(10(13)14)16-8(4)5-2-6(11)15-3-5/h2-3H,12H2,1H3,(H,13,14). The van der Waals surface area contributed by atoms with Gasteiger partial charge in [-0.25, -0.2) is 4.79 Å². The Morgan fingerprint density at radius 3 is 2.69 bits per heavy atom. The summed E-state index contributed by atoms with van der Waals surface area (Å²) in [5, 5.41) is 11.0. The summed E-state index contributed by atoms with van der Waals surface area (Å²) >= 11 is 6.17. The number of anilines is 1. The van der Waals surface area contributed by atoms with Crippen LogP contribution in [0, 0.1) is 6.92 Å². The van der Waals surface area contributed by atoms with Crippen molar-refractivity contribution in [2.75, 3.05) is 5.73 Å². The number of nitrogens with two attached hydrogens (primary N) is 1. The molecule has 0 radical (unpaired) electrons. The minimum atomic E-state index is -0.967. The Morgan fingerprint density at radius 2 is 2.25 bits per heavy atom. The zero-order valence-electron chi connectivity index (χ0n) is 8.28. The van der Waals surface area contributed by atoms with Gasteiger partial charge in [-0.05, 0) is 34.5 Å². The zero-order valence-corrected chi connectivity index (χ0v) is 11.5. The molecular weight excluding hydrogens is 310 g/mol. The molecule has 0 aliphatic heterocycles. The van der Waals surface area contributed by atoms with Gasteiger partial charge in [0.15, 0.2) is 0 Å². The topological polar surface area (TPSA) is 63.3 Å². The molecule has 3 N–H and O–H groups in total. The molecular formula is C10H8BrNO2S2. The number of aromatic carboxylic acids is 1. The molecule has 0 saturated heterocycles. The van der Waals surface area contributed by atoms with Crippen molar-refractivity contribution in [3.05, 3.63) is 25.7 Å². The minimum Gasteiger partial charge on any atom is -0.477 e. The fourth-order valence-electron chi connectivity index (χ4n) is 1.39. The summed E-state index contributed by atoms with van der Waals surface area (Å²) in [6, 6.07) is 1.97. The van der Waals surface area contributed by atoms with E-state index in [1.807, 2.05) is 18.4 Å². The summed E-state index contributed by atoms with van der Waals surface area (Å²) in [6.07, 6.45) is 0. The number of hydrogen-bond donors (Lipinski definition) is 2. The lowest BCUT2D eigenvalue weighted by Gasteiger charge is -1.94. The fraction of sp³-hybridized carbons (Fsp3) is 0.100. The summed E-state index contributed by atoms with van der Waals surface area (Å²) in [6.45, 7) is 1.85. The van der Waals surface area contributed by atoms with E-state index in [2.05, 4.69) is 15.9 Å². The molecule has 0 aliphatic rings. The van der Waals surface area contributed by atoms with Crippen LogP contribution in [0.4, 0.5) is 5.69 Å². The average molecular weight is 318 g/mol. The van der Waals surface area contributed by atoms with Crippen LogP contribution < -0.4 is 5.73 Å². The lowest BCUT2D eigenvalue weighted by Crippen LogP contribution is -1.97. The molecule has 6 heteroatoms. The smallest absolute Gasteiger partial charge is 0.348 e. The molecule has 0 atom stereocenters. The minimum absolute atomic E-state index is 0.217. The monoisotopic (exact) mass is 317 g/mol. The number of carboxylic acid groups (broad SMARTS) is 1. The van der Waals surface area contributed by atoms with Crippen LogP contribution in [0.3, 0.4) is 0 Å². The summed E-state index contributed by atoms with van der Waals surface area (Å²) in [5.74, 6) is -0.967. The molecule has 0 aromatic carbocycles. The van der Waals surface area contributed by atoms with E-state index in [4.69, 9.17) is 10.8 Å². The number of carboxylic acids is 1. The van der Waals surface area contributed by atoms with Crippen LogP contribution in [0.2, 0.25) is 0 Å². The van der Waals surface area contributed by atoms with Crippen LogP contribution in [-0.4, -0.2) is 11.1 Å². The van der Waals surface area contributed by atoms with Gasteiger partial charge < -0.3 is 10.8 Å². The molecule has 3 nitrogen and oxygen atoms in total. The third-order valence-electron chi connectivity index (χ3n) is 2.22. The zero-order chi connectivity index (χ0) is 11.9. The van der Waals surface area contributed by atoms with Gasteiger partial charge in [-0.15, -0.1) is 22.7 Å². The predicted octanol–water partition coefficient (Wildman–Crippen LogP) is 3.83. The molecule has 0 spiro atoms. The molecule has 2 rings (SSSR count). The molecule has 0 amide bonds. The van der Waals surface area contributed by atoms with E-state index in [0.29, 0.717) is 5.69 Å². The second-order valence-corrected chi connectivity index (χ2v) is 6.55. The molecule has 0 aliphatic carbocycles. The lowest BCUT2D eigenvalue weighted by molar-refractivity contribution is 0.0703. The second-order valence-electron chi connectivity index (χ2n) is 3.24. The van der Waals surface area contributed by atoms with E-state index >= 15 is 0 Å². The van der Waals surface area contributed by atoms with Crippen LogP contribution in [0.15, 0.2) is 15.2 Å². The first-order valence-electron chi connectivity index (χ1n) is 4.37. The van der Waals surface area contributed by atoms with Crippen LogP contribution in [-0.2, 0) is 0 Å². The van der Waals surface area contributed by atoms with E-state index in [1.165, 1.54) is 11.3 Å². The molecule has 2 aromatic heterocycles. The molecule has 2 heterocycles. The molecule has 2 aromatic rings. The van der Waals surface area contributed by atoms with Crippen molar-refractivity contribution in [3.8, 4) is 10.4 Å². The first-order chi connectivity index (χ1) is 7.50. The predicted molar refractivity (Wildman–Crippen MR) is 71.4 cm³/mol. The van der Waals surface area contributed by atoms with E-state index in [9.17, 15) is 4.79 Å². The fourth-order valence-corrected chi connectivity index (χ4v) is 3.66. The highest BCUT2D eigenvalue weighted by Crippen LogP contribution is 2.40. The van der Waals surface area contributed by atoms with E-state index in [1.54, 1.807) is 11.3 Å². The molecule has 0 saturated carbocycles. The Kier molecular flexibility index (Phi) is 3.05. The highest BCUT2D eigenvalue weighted by molar-refractivity contribution is 9.11. The Morgan fingerprint density at radius 1 is 1.56 bits per heavy atom. The van der Waals surface area contributed by atoms with E-state index in [0.717, 1.165) is 19.8 Å². The number of hydrogen-bond acceptors (Lipinski definition) is 4. The molecule has 16 heavy (non-hydrogen) atoms. The normalized spacial score (nSPS) is 10.6. The van der Waals surface area contributed by atoms with Crippen molar-refractivity contribution in [1.82, 2.24) is 0 Å². The number of nitrogen functional groups attached to an aromatic ring is 1. The second kappa shape index (κ2) is 4.20. The van der Waals surface area contributed by atoms with Crippen LogP contribution in [0.5, 0.6) is 0 Å². The van der Waals surface area contributed by atoms with Crippen molar-refractivity contribution < 1.29 is 9.90 Å². The van der Waals surface area contributed by atoms with Gasteiger partial charge in [-0.1, -0.05) is 0 Å². The third-order valence-corrected chi connectivity index (χ3v) is 5.07. The first kappa shape index (κ1) is 11.6. The molecule has 0 unspecified atom stereocenters. The first-order valence-corrected chi connectivity index (χ1v) is 6.86. The Balaban J connectivity index is 2.58. The van der Waals surface area contributed by atoms with Crippen molar-refractivity contribution in [2.24, 2.45) is 0 Å². The Bertz CT molecular complexity index is 559. The maximum absolute atomic E-state index is 10.9. The summed E-state index contributed by atoms with van der Waals surface area (Å²) in [4.78, 5) is 12.1. The maximum atomic E-state index is 10.9. The van der Waals surface area contributed by atoms with Gasteiger partial charge in [0.25, 0.3) is 0 Å². The van der Waals surface area contributed by atoms with Crippen molar-refractivity contribution >= 4 is 50.3 Å². The number of rotatable bonds is 2. The van der Waals surface area contributed by atoms with Gasteiger partial charge >= 0.3 is 5.97 Å². The van der Waals surface area contributed by atoms with Crippen LogP contribution in [0.25, 0.3) is 10.4 Å². The van der Waals surface area contributed by atoms with Crippen molar-refractivity contribution in [2.45, 2.75) is 6.92 Å².